The maximum absolute atomic E-state index is 8.36. The number of aliphatic hydroxyl groups is 1. The fraction of sp³-hybridized carbons (Fsp3) is 0.708. The Balaban J connectivity index is 0.000000690. The number of nitrogens with zero attached hydrogens (tertiary/aromatic N) is 2. The van der Waals surface area contributed by atoms with E-state index in [0.717, 1.165) is 6.67 Å². The SMILES string of the molecule is CCCCCCCCCCCCCCN1C=CN(C)C1.O=CO.OCc1ccco1. The second-order valence-corrected chi connectivity index (χ2v) is 7.74. The van der Waals surface area contributed by atoms with Crippen LogP contribution in [0, 0.1) is 0 Å². The van der Waals surface area contributed by atoms with Gasteiger partial charge in [-0.3, -0.25) is 4.79 Å². The quantitative estimate of drug-likeness (QED) is 0.289. The molecule has 0 spiro atoms. The van der Waals surface area contributed by atoms with E-state index in [4.69, 9.17) is 19.4 Å². The molecule has 1 aliphatic heterocycles. The summed E-state index contributed by atoms with van der Waals surface area (Å²) in [6, 6.07) is 3.46. The van der Waals surface area contributed by atoms with Gasteiger partial charge < -0.3 is 24.4 Å². The third kappa shape index (κ3) is 18.1. The third-order valence-electron chi connectivity index (χ3n) is 4.97. The van der Waals surface area contributed by atoms with E-state index in [2.05, 4.69) is 36.2 Å². The summed E-state index contributed by atoms with van der Waals surface area (Å²) in [5, 5.41) is 15.2. The van der Waals surface area contributed by atoms with E-state index in [1.165, 1.54) is 89.9 Å². The summed E-state index contributed by atoms with van der Waals surface area (Å²) in [6.45, 7) is 4.35. The Morgan fingerprint density at radius 2 is 1.50 bits per heavy atom. The van der Waals surface area contributed by atoms with Crippen LogP contribution in [0.3, 0.4) is 0 Å². The van der Waals surface area contributed by atoms with E-state index in [1.807, 2.05) is 0 Å². The molecule has 0 aromatic carbocycles. The first-order chi connectivity index (χ1) is 14.7. The molecule has 0 bridgehead atoms. The van der Waals surface area contributed by atoms with Gasteiger partial charge in [0.15, 0.2) is 0 Å². The minimum Gasteiger partial charge on any atom is -0.483 e. The number of carboxylic acid groups (broad SMARTS) is 1. The number of rotatable bonds is 14. The summed E-state index contributed by atoms with van der Waals surface area (Å²) in [6.07, 6.45) is 23.1. The Kier molecular flexibility index (Phi) is 20.3. The molecule has 2 heterocycles. The smallest absolute Gasteiger partial charge is 0.290 e. The Labute approximate surface area is 183 Å². The minimum atomic E-state index is -0.250. The molecule has 1 aliphatic rings. The van der Waals surface area contributed by atoms with Gasteiger partial charge in [-0.1, -0.05) is 77.6 Å². The molecule has 2 N–H and O–H groups in total. The highest BCUT2D eigenvalue weighted by Crippen LogP contribution is 2.12. The van der Waals surface area contributed by atoms with Crippen molar-refractivity contribution in [2.75, 3.05) is 20.3 Å². The van der Waals surface area contributed by atoms with Crippen LogP contribution in [-0.2, 0) is 11.4 Å². The van der Waals surface area contributed by atoms with Crippen LogP contribution in [0.4, 0.5) is 0 Å². The molecule has 6 nitrogen and oxygen atoms in total. The first-order valence-corrected chi connectivity index (χ1v) is 11.5. The molecule has 0 atom stereocenters. The lowest BCUT2D eigenvalue weighted by atomic mass is 10.1. The highest BCUT2D eigenvalue weighted by Gasteiger charge is 2.06. The van der Waals surface area contributed by atoms with Crippen molar-refractivity contribution in [1.82, 2.24) is 9.80 Å². The number of unbranched alkanes of at least 4 members (excludes halogenated alkanes) is 11. The van der Waals surface area contributed by atoms with Crippen molar-refractivity contribution in [3.05, 3.63) is 36.6 Å². The Morgan fingerprint density at radius 1 is 0.967 bits per heavy atom. The first-order valence-electron chi connectivity index (χ1n) is 11.5. The fourth-order valence-electron chi connectivity index (χ4n) is 3.29. The Morgan fingerprint density at radius 3 is 1.87 bits per heavy atom. The van der Waals surface area contributed by atoms with Crippen LogP contribution < -0.4 is 0 Å². The largest absolute Gasteiger partial charge is 0.483 e. The molecule has 6 heteroatoms. The van der Waals surface area contributed by atoms with Crippen LogP contribution in [0.25, 0.3) is 0 Å². The number of furan rings is 1. The fourth-order valence-corrected chi connectivity index (χ4v) is 3.29. The van der Waals surface area contributed by atoms with Crippen LogP contribution in [0.1, 0.15) is 89.7 Å². The van der Waals surface area contributed by atoms with Crippen molar-refractivity contribution in [1.29, 1.82) is 0 Å². The molecule has 1 aromatic rings. The van der Waals surface area contributed by atoms with E-state index in [-0.39, 0.29) is 13.1 Å². The van der Waals surface area contributed by atoms with E-state index in [1.54, 1.807) is 12.1 Å². The number of hydrogen-bond acceptors (Lipinski definition) is 5. The molecule has 0 saturated carbocycles. The summed E-state index contributed by atoms with van der Waals surface area (Å²) in [7, 11) is 2.14. The number of carbonyl (C=O) groups is 1. The van der Waals surface area contributed by atoms with Gasteiger partial charge in [0.25, 0.3) is 6.47 Å². The van der Waals surface area contributed by atoms with E-state index in [9.17, 15) is 0 Å². The topological polar surface area (TPSA) is 77.2 Å². The monoisotopic (exact) mass is 424 g/mol. The molecular weight excluding hydrogens is 380 g/mol. The molecule has 0 fully saturated rings. The molecule has 0 saturated heterocycles. The van der Waals surface area contributed by atoms with Gasteiger partial charge in [0.05, 0.1) is 12.9 Å². The molecule has 1 aromatic heterocycles. The zero-order chi connectivity index (χ0) is 22.3. The van der Waals surface area contributed by atoms with Crippen molar-refractivity contribution in [3.63, 3.8) is 0 Å². The second-order valence-electron chi connectivity index (χ2n) is 7.74. The standard InChI is InChI=1S/C18H36N2.C5H6O2.CH2O2/c1-3-4-5-6-7-8-9-10-11-12-13-14-15-20-17-16-19(2)18-20;6-4-5-2-1-3-7-5;2-1-3/h16-17H,3-15,18H2,1-2H3;1-3,6H,4H2;1H,(H,2,3). The van der Waals surface area contributed by atoms with Gasteiger partial charge in [0.1, 0.15) is 12.4 Å². The van der Waals surface area contributed by atoms with Gasteiger partial charge in [-0.2, -0.15) is 0 Å². The normalized spacial score (nSPS) is 12.2. The zero-order valence-corrected chi connectivity index (χ0v) is 19.2. The van der Waals surface area contributed by atoms with Gasteiger partial charge in [0.2, 0.25) is 0 Å². The van der Waals surface area contributed by atoms with E-state index < -0.39 is 0 Å². The van der Waals surface area contributed by atoms with Crippen LogP contribution in [0.2, 0.25) is 0 Å². The number of aliphatic hydroxyl groups excluding tert-OH is 1. The van der Waals surface area contributed by atoms with Crippen LogP contribution in [0.15, 0.2) is 35.2 Å². The molecular formula is C24H44N2O4. The molecule has 0 amide bonds. The van der Waals surface area contributed by atoms with E-state index in [0.29, 0.717) is 5.76 Å². The van der Waals surface area contributed by atoms with Crippen molar-refractivity contribution in [2.45, 2.75) is 90.6 Å². The molecule has 30 heavy (non-hydrogen) atoms. The summed E-state index contributed by atoms with van der Waals surface area (Å²) in [5.41, 5.74) is 0. The molecule has 2 rings (SSSR count). The van der Waals surface area contributed by atoms with Gasteiger partial charge in [-0.05, 0) is 18.6 Å². The molecule has 0 aliphatic carbocycles. The van der Waals surface area contributed by atoms with E-state index >= 15 is 0 Å². The lowest BCUT2D eigenvalue weighted by Crippen LogP contribution is -2.23. The zero-order valence-electron chi connectivity index (χ0n) is 19.2. The lowest BCUT2D eigenvalue weighted by Gasteiger charge is -2.17. The highest BCUT2D eigenvalue weighted by molar-refractivity contribution is 5.32. The first kappa shape index (κ1) is 28.1. The van der Waals surface area contributed by atoms with Crippen molar-refractivity contribution in [2.24, 2.45) is 0 Å². The maximum Gasteiger partial charge on any atom is 0.290 e. The number of hydrogen-bond donors (Lipinski definition) is 2. The van der Waals surface area contributed by atoms with Gasteiger partial charge >= 0.3 is 0 Å². The van der Waals surface area contributed by atoms with Gasteiger partial charge in [0, 0.05) is 26.0 Å². The second kappa shape index (κ2) is 21.8. The average molecular weight is 425 g/mol. The molecule has 0 radical (unpaired) electrons. The summed E-state index contributed by atoms with van der Waals surface area (Å²) >= 11 is 0. The van der Waals surface area contributed by atoms with Gasteiger partial charge in [-0.15, -0.1) is 0 Å². The van der Waals surface area contributed by atoms with Crippen molar-refractivity contribution in [3.8, 4) is 0 Å². The highest BCUT2D eigenvalue weighted by atomic mass is 16.4. The van der Waals surface area contributed by atoms with Crippen molar-refractivity contribution >= 4 is 6.47 Å². The minimum absolute atomic E-state index is 0.00694. The lowest BCUT2D eigenvalue weighted by molar-refractivity contribution is -0.122. The predicted molar refractivity (Wildman–Crippen MR) is 123 cm³/mol. The Hall–Kier alpha value is -1.95. The van der Waals surface area contributed by atoms with Gasteiger partial charge in [-0.25, -0.2) is 0 Å². The maximum atomic E-state index is 8.36. The third-order valence-corrected chi connectivity index (χ3v) is 4.97. The molecule has 0 unspecified atom stereocenters. The van der Waals surface area contributed by atoms with Crippen LogP contribution >= 0.6 is 0 Å². The summed E-state index contributed by atoms with van der Waals surface area (Å²) in [4.78, 5) is 13.0. The van der Waals surface area contributed by atoms with Crippen molar-refractivity contribution < 1.29 is 19.4 Å². The predicted octanol–water partition coefficient (Wildman–Crippen LogP) is 5.84. The summed E-state index contributed by atoms with van der Waals surface area (Å²) < 4.78 is 4.73. The Bertz CT molecular complexity index is 491. The van der Waals surface area contributed by atoms with Crippen LogP contribution in [0.5, 0.6) is 0 Å². The average Bonchev–Trinajstić information content (AvgIpc) is 3.41. The van der Waals surface area contributed by atoms with Crippen LogP contribution in [-0.4, -0.2) is 46.7 Å². The molecule has 174 valence electrons. The summed E-state index contributed by atoms with van der Waals surface area (Å²) in [5.74, 6) is 0.611.